The monoisotopic (exact) mass is 167 g/mol. The highest BCUT2D eigenvalue weighted by atomic mass is 16.4. The molecule has 0 aliphatic heterocycles. The van der Waals surface area contributed by atoms with Gasteiger partial charge in [-0.25, -0.2) is 9.97 Å². The van der Waals surface area contributed by atoms with E-state index in [4.69, 9.17) is 5.11 Å². The van der Waals surface area contributed by atoms with Crippen molar-refractivity contribution in [3.05, 3.63) is 18.7 Å². The van der Waals surface area contributed by atoms with E-state index in [2.05, 4.69) is 9.97 Å². The van der Waals surface area contributed by atoms with Crippen LogP contribution in [-0.4, -0.2) is 34.6 Å². The second-order valence-corrected chi connectivity index (χ2v) is 2.35. The molecule has 0 spiro atoms. The van der Waals surface area contributed by atoms with E-state index >= 15 is 0 Å². The molecule has 0 saturated heterocycles. The lowest BCUT2D eigenvalue weighted by Crippen LogP contribution is -2.25. The number of aromatic nitrogens is 2. The summed E-state index contributed by atoms with van der Waals surface area (Å²) in [5.74, 6) is -0.874. The maximum absolute atomic E-state index is 10.3. The third-order valence-electron chi connectivity index (χ3n) is 1.36. The molecule has 0 aliphatic rings. The van der Waals surface area contributed by atoms with Gasteiger partial charge in [0.2, 0.25) is 0 Å². The minimum atomic E-state index is -0.874. The molecule has 12 heavy (non-hydrogen) atoms. The Bertz CT molecular complexity index is 263. The Morgan fingerprint density at radius 1 is 1.58 bits per heavy atom. The summed E-state index contributed by atoms with van der Waals surface area (Å²) in [5.41, 5.74) is 0.694. The quantitative estimate of drug-likeness (QED) is 0.686. The van der Waals surface area contributed by atoms with Crippen LogP contribution in [0.15, 0.2) is 18.7 Å². The van der Waals surface area contributed by atoms with E-state index in [1.165, 1.54) is 6.33 Å². The maximum atomic E-state index is 10.3. The summed E-state index contributed by atoms with van der Waals surface area (Å²) in [5, 5.41) is 8.46. The second kappa shape index (κ2) is 3.66. The summed E-state index contributed by atoms with van der Waals surface area (Å²) in [6.45, 7) is -0.0482. The van der Waals surface area contributed by atoms with Crippen LogP contribution in [0.5, 0.6) is 0 Å². The second-order valence-electron chi connectivity index (χ2n) is 2.35. The van der Waals surface area contributed by atoms with Crippen molar-refractivity contribution in [3.8, 4) is 0 Å². The first-order valence-electron chi connectivity index (χ1n) is 3.38. The lowest BCUT2D eigenvalue weighted by atomic mass is 10.4. The van der Waals surface area contributed by atoms with Gasteiger partial charge in [0.25, 0.3) is 0 Å². The Hall–Kier alpha value is -1.65. The fraction of sp³-hybridized carbons (Fsp3) is 0.286. The smallest absolute Gasteiger partial charge is 0.323 e. The number of hydrogen-bond acceptors (Lipinski definition) is 4. The van der Waals surface area contributed by atoms with Gasteiger partial charge in [-0.3, -0.25) is 4.79 Å². The fourth-order valence-corrected chi connectivity index (χ4v) is 0.783. The first-order valence-corrected chi connectivity index (χ1v) is 3.38. The number of carboxylic acids is 1. The van der Waals surface area contributed by atoms with Gasteiger partial charge in [0, 0.05) is 7.05 Å². The van der Waals surface area contributed by atoms with Gasteiger partial charge in [0.15, 0.2) is 0 Å². The molecule has 0 fully saturated rings. The molecule has 1 aromatic rings. The van der Waals surface area contributed by atoms with Crippen LogP contribution in [0.1, 0.15) is 0 Å². The van der Waals surface area contributed by atoms with E-state index in [9.17, 15) is 4.79 Å². The number of carbonyl (C=O) groups is 1. The van der Waals surface area contributed by atoms with E-state index in [0.29, 0.717) is 5.69 Å². The van der Waals surface area contributed by atoms with Crippen molar-refractivity contribution in [2.45, 2.75) is 0 Å². The number of aliphatic carboxylic acids is 1. The summed E-state index contributed by atoms with van der Waals surface area (Å²) in [4.78, 5) is 19.4. The van der Waals surface area contributed by atoms with Crippen LogP contribution < -0.4 is 4.90 Å². The molecule has 0 radical (unpaired) electrons. The topological polar surface area (TPSA) is 66.3 Å². The van der Waals surface area contributed by atoms with Crippen molar-refractivity contribution < 1.29 is 9.90 Å². The number of hydrogen-bond donors (Lipinski definition) is 1. The lowest BCUT2D eigenvalue weighted by Gasteiger charge is -2.14. The molecular weight excluding hydrogens is 158 g/mol. The number of likely N-dealkylation sites (N-methyl/N-ethyl adjacent to an activating group) is 1. The van der Waals surface area contributed by atoms with Crippen LogP contribution in [0.25, 0.3) is 0 Å². The highest BCUT2D eigenvalue weighted by Gasteiger charge is 2.04. The minimum absolute atomic E-state index is 0.0482. The van der Waals surface area contributed by atoms with Gasteiger partial charge in [-0.2, -0.15) is 0 Å². The number of nitrogens with zero attached hydrogens (tertiary/aromatic N) is 3. The van der Waals surface area contributed by atoms with Crippen LogP contribution in [0.4, 0.5) is 5.69 Å². The van der Waals surface area contributed by atoms with E-state index in [-0.39, 0.29) is 6.54 Å². The third kappa shape index (κ3) is 2.19. The van der Waals surface area contributed by atoms with Crippen molar-refractivity contribution in [2.24, 2.45) is 0 Å². The Morgan fingerprint density at radius 3 is 2.67 bits per heavy atom. The average Bonchev–Trinajstić information content (AvgIpc) is 2.05. The molecular formula is C7H9N3O2. The van der Waals surface area contributed by atoms with Gasteiger partial charge in [-0.15, -0.1) is 0 Å². The SMILES string of the molecule is CN(CC(=O)O)c1cncnc1. The molecule has 1 rings (SSSR count). The number of anilines is 1. The molecule has 0 unspecified atom stereocenters. The molecule has 5 nitrogen and oxygen atoms in total. The number of rotatable bonds is 3. The normalized spacial score (nSPS) is 9.42. The summed E-state index contributed by atoms with van der Waals surface area (Å²) in [6.07, 6.45) is 4.53. The van der Waals surface area contributed by atoms with Crippen molar-refractivity contribution in [3.63, 3.8) is 0 Å². The highest BCUT2D eigenvalue weighted by Crippen LogP contribution is 2.05. The van der Waals surface area contributed by atoms with Gasteiger partial charge in [-0.05, 0) is 0 Å². The molecule has 0 saturated carbocycles. The molecule has 0 atom stereocenters. The Labute approximate surface area is 69.7 Å². The van der Waals surface area contributed by atoms with E-state index < -0.39 is 5.97 Å². The van der Waals surface area contributed by atoms with Crippen LogP contribution in [-0.2, 0) is 4.79 Å². The summed E-state index contributed by atoms with van der Waals surface area (Å²) < 4.78 is 0. The van der Waals surface area contributed by atoms with Crippen LogP contribution in [0.2, 0.25) is 0 Å². The Morgan fingerprint density at radius 2 is 2.17 bits per heavy atom. The van der Waals surface area contributed by atoms with Gasteiger partial charge in [0.1, 0.15) is 12.9 Å². The van der Waals surface area contributed by atoms with Crippen molar-refractivity contribution in [1.29, 1.82) is 0 Å². The molecule has 0 aromatic carbocycles. The third-order valence-corrected chi connectivity index (χ3v) is 1.36. The predicted octanol–water partition coefficient (Wildman–Crippen LogP) is -0.00260. The zero-order valence-corrected chi connectivity index (χ0v) is 6.64. The molecule has 0 amide bonds. The summed E-state index contributed by atoms with van der Waals surface area (Å²) in [7, 11) is 1.67. The number of carboxylic acid groups (broad SMARTS) is 1. The van der Waals surface area contributed by atoms with Crippen LogP contribution in [0, 0.1) is 0 Å². The van der Waals surface area contributed by atoms with Crippen molar-refractivity contribution >= 4 is 11.7 Å². The lowest BCUT2D eigenvalue weighted by molar-refractivity contribution is -0.135. The van der Waals surface area contributed by atoms with Gasteiger partial charge in [0.05, 0.1) is 18.1 Å². The van der Waals surface area contributed by atoms with Gasteiger partial charge < -0.3 is 10.0 Å². The average molecular weight is 167 g/mol. The zero-order chi connectivity index (χ0) is 8.97. The standard InChI is InChI=1S/C7H9N3O2/c1-10(4-7(11)12)6-2-8-5-9-3-6/h2-3,5H,4H2,1H3,(H,11,12). The molecule has 1 aromatic heterocycles. The van der Waals surface area contributed by atoms with Crippen molar-refractivity contribution in [1.82, 2.24) is 9.97 Å². The molecule has 0 aliphatic carbocycles. The predicted molar refractivity (Wildman–Crippen MR) is 42.9 cm³/mol. The first-order chi connectivity index (χ1) is 5.70. The Kier molecular flexibility index (Phi) is 2.57. The summed E-state index contributed by atoms with van der Waals surface area (Å²) >= 11 is 0. The van der Waals surface area contributed by atoms with Crippen LogP contribution in [0.3, 0.4) is 0 Å². The highest BCUT2D eigenvalue weighted by molar-refractivity contribution is 5.73. The van der Waals surface area contributed by atoms with Crippen LogP contribution >= 0.6 is 0 Å². The summed E-state index contributed by atoms with van der Waals surface area (Å²) in [6, 6.07) is 0. The molecule has 1 N–H and O–H groups in total. The van der Waals surface area contributed by atoms with E-state index in [1.807, 2.05) is 0 Å². The maximum Gasteiger partial charge on any atom is 0.323 e. The molecule has 5 heteroatoms. The molecule has 64 valence electrons. The largest absolute Gasteiger partial charge is 0.480 e. The van der Waals surface area contributed by atoms with Crippen molar-refractivity contribution in [2.75, 3.05) is 18.5 Å². The van der Waals surface area contributed by atoms with Gasteiger partial charge >= 0.3 is 5.97 Å². The minimum Gasteiger partial charge on any atom is -0.480 e. The molecule has 1 heterocycles. The Balaban J connectivity index is 2.65. The fourth-order valence-electron chi connectivity index (χ4n) is 0.783. The zero-order valence-electron chi connectivity index (χ0n) is 6.64. The van der Waals surface area contributed by atoms with E-state index in [0.717, 1.165) is 0 Å². The first kappa shape index (κ1) is 8.45. The van der Waals surface area contributed by atoms with Gasteiger partial charge in [-0.1, -0.05) is 0 Å². The molecule has 0 bridgehead atoms. The van der Waals surface area contributed by atoms with E-state index in [1.54, 1.807) is 24.3 Å².